The summed E-state index contributed by atoms with van der Waals surface area (Å²) in [6, 6.07) is 4.94. The van der Waals surface area contributed by atoms with Gasteiger partial charge in [0.15, 0.2) is 0 Å². The Hall–Kier alpha value is -1.36. The van der Waals surface area contributed by atoms with Gasteiger partial charge in [-0.15, -0.1) is 12.4 Å². The first kappa shape index (κ1) is 22.7. The Morgan fingerprint density at radius 3 is 2.31 bits per heavy atom. The molecule has 1 aromatic rings. The lowest BCUT2D eigenvalue weighted by atomic mass is 10.00. The molecule has 0 heterocycles. The van der Waals surface area contributed by atoms with Crippen molar-refractivity contribution in [2.45, 2.75) is 42.8 Å². The van der Waals surface area contributed by atoms with E-state index < -0.39 is 22.7 Å². The van der Waals surface area contributed by atoms with Gasteiger partial charge in [0.05, 0.1) is 4.90 Å². The van der Waals surface area contributed by atoms with Crippen LogP contribution in [0.2, 0.25) is 0 Å². The third-order valence-electron chi connectivity index (χ3n) is 4.08. The third-order valence-corrected chi connectivity index (χ3v) is 5.49. The fraction of sp³-hybridized carbons (Fsp3) is 0.533. The molecule has 148 valence electrons. The Morgan fingerprint density at radius 2 is 1.81 bits per heavy atom. The van der Waals surface area contributed by atoms with Gasteiger partial charge in [0.25, 0.3) is 0 Å². The highest BCUT2D eigenvalue weighted by Gasteiger charge is 2.30. The molecule has 0 unspecified atom stereocenters. The van der Waals surface area contributed by atoms with Crippen molar-refractivity contribution in [1.82, 2.24) is 4.72 Å². The second-order valence-electron chi connectivity index (χ2n) is 6.07. The highest BCUT2D eigenvalue weighted by atomic mass is 35.5. The van der Waals surface area contributed by atoms with Crippen LogP contribution in [0.15, 0.2) is 29.2 Å². The molecule has 0 aliphatic heterocycles. The first-order valence-electron chi connectivity index (χ1n) is 7.79. The number of anilines is 1. The van der Waals surface area contributed by atoms with E-state index in [1.807, 2.05) is 0 Å². The quantitative estimate of drug-likeness (QED) is 0.664. The lowest BCUT2D eigenvalue weighted by Gasteiger charge is -2.15. The van der Waals surface area contributed by atoms with Gasteiger partial charge < -0.3 is 11.1 Å². The van der Waals surface area contributed by atoms with E-state index in [9.17, 15) is 26.4 Å². The zero-order chi connectivity index (χ0) is 18.7. The average Bonchev–Trinajstić information content (AvgIpc) is 2.90. The summed E-state index contributed by atoms with van der Waals surface area (Å²) >= 11 is 0. The first-order valence-corrected chi connectivity index (χ1v) is 9.27. The summed E-state index contributed by atoms with van der Waals surface area (Å²) in [6.07, 6.45) is -1.56. The number of sulfonamides is 1. The van der Waals surface area contributed by atoms with Crippen molar-refractivity contribution in [3.8, 4) is 0 Å². The summed E-state index contributed by atoms with van der Waals surface area (Å²) in [5.74, 6) is -0.0978. The van der Waals surface area contributed by atoms with Crippen LogP contribution < -0.4 is 15.8 Å². The molecular formula is C15H21ClF3N3O3S. The first-order chi connectivity index (χ1) is 11.6. The smallest absolute Gasteiger partial charge is 0.327 e. The molecule has 2 rings (SSSR count). The fourth-order valence-corrected chi connectivity index (χ4v) is 3.76. The molecule has 11 heteroatoms. The maximum absolute atomic E-state index is 12.1. The van der Waals surface area contributed by atoms with Crippen LogP contribution >= 0.6 is 12.4 Å². The minimum atomic E-state index is -4.64. The van der Waals surface area contributed by atoms with Crippen molar-refractivity contribution in [2.24, 2.45) is 11.7 Å². The summed E-state index contributed by atoms with van der Waals surface area (Å²) in [5.41, 5.74) is 6.28. The summed E-state index contributed by atoms with van der Waals surface area (Å²) in [5, 5.41) is 2.63. The molecule has 1 saturated carbocycles. The van der Waals surface area contributed by atoms with Crippen molar-refractivity contribution >= 4 is 34.0 Å². The van der Waals surface area contributed by atoms with Gasteiger partial charge >= 0.3 is 6.18 Å². The molecule has 0 saturated heterocycles. The van der Waals surface area contributed by atoms with E-state index in [-0.39, 0.29) is 41.6 Å². The second-order valence-corrected chi connectivity index (χ2v) is 7.84. The van der Waals surface area contributed by atoms with E-state index in [2.05, 4.69) is 5.32 Å². The molecule has 0 radical (unpaired) electrons. The van der Waals surface area contributed by atoms with Crippen molar-refractivity contribution in [3.05, 3.63) is 24.3 Å². The number of benzene rings is 1. The predicted molar refractivity (Wildman–Crippen MR) is 93.5 cm³/mol. The largest absolute Gasteiger partial charge is 0.402 e. The van der Waals surface area contributed by atoms with Gasteiger partial charge in [0.1, 0.15) is 6.54 Å². The van der Waals surface area contributed by atoms with E-state index in [0.29, 0.717) is 5.69 Å². The highest BCUT2D eigenvalue weighted by molar-refractivity contribution is 7.89. The number of halogens is 4. The maximum atomic E-state index is 12.1. The zero-order valence-corrected chi connectivity index (χ0v) is 15.4. The standard InChI is InChI=1S/C15H20F3N3O3S.ClH/c16-15(17,18)9-20-25(23,24)12-6-4-11(5-7-12)21-14(22)8-10-2-1-3-13(10)19;/h4-7,10,13,20H,1-3,8-9,19H2,(H,21,22);1H/t10-,13+;/m0./s1. The molecular weight excluding hydrogens is 395 g/mol. The van der Waals surface area contributed by atoms with Crippen molar-refractivity contribution < 1.29 is 26.4 Å². The maximum Gasteiger partial charge on any atom is 0.402 e. The van der Waals surface area contributed by atoms with E-state index >= 15 is 0 Å². The van der Waals surface area contributed by atoms with Crippen molar-refractivity contribution in [1.29, 1.82) is 0 Å². The molecule has 0 spiro atoms. The molecule has 1 amide bonds. The van der Waals surface area contributed by atoms with Crippen LogP contribution in [0, 0.1) is 5.92 Å². The number of carbonyl (C=O) groups is 1. The molecule has 6 nitrogen and oxygen atoms in total. The number of alkyl halides is 3. The van der Waals surface area contributed by atoms with E-state index in [1.165, 1.54) is 16.9 Å². The van der Waals surface area contributed by atoms with Crippen LogP contribution in [0.3, 0.4) is 0 Å². The summed E-state index contributed by atoms with van der Waals surface area (Å²) in [6.45, 7) is -1.64. The van der Waals surface area contributed by atoms with Crippen LogP contribution in [0.1, 0.15) is 25.7 Å². The van der Waals surface area contributed by atoms with Crippen LogP contribution in [0.25, 0.3) is 0 Å². The minimum absolute atomic E-state index is 0. The van der Waals surface area contributed by atoms with Crippen LogP contribution in [0.5, 0.6) is 0 Å². The number of carbonyl (C=O) groups excluding carboxylic acids is 1. The lowest BCUT2D eigenvalue weighted by Crippen LogP contribution is -2.33. The van der Waals surface area contributed by atoms with Gasteiger partial charge in [-0.3, -0.25) is 4.79 Å². The van der Waals surface area contributed by atoms with Gasteiger partial charge in [-0.05, 0) is 43.0 Å². The minimum Gasteiger partial charge on any atom is -0.327 e. The number of hydrogen-bond donors (Lipinski definition) is 3. The normalized spacial score (nSPS) is 20.5. The summed E-state index contributed by atoms with van der Waals surface area (Å²) in [7, 11) is -4.26. The highest BCUT2D eigenvalue weighted by Crippen LogP contribution is 2.27. The van der Waals surface area contributed by atoms with E-state index in [0.717, 1.165) is 31.4 Å². The van der Waals surface area contributed by atoms with E-state index in [4.69, 9.17) is 5.73 Å². The Labute approximate surface area is 156 Å². The van der Waals surface area contributed by atoms with Crippen molar-refractivity contribution in [2.75, 3.05) is 11.9 Å². The molecule has 1 aliphatic carbocycles. The molecule has 1 fully saturated rings. The Bertz CT molecular complexity index is 711. The molecule has 1 aliphatic rings. The molecule has 26 heavy (non-hydrogen) atoms. The van der Waals surface area contributed by atoms with Gasteiger partial charge in [-0.25, -0.2) is 13.1 Å². The predicted octanol–water partition coefficient (Wildman–Crippen LogP) is 2.41. The number of amides is 1. The fourth-order valence-electron chi connectivity index (χ4n) is 2.75. The summed E-state index contributed by atoms with van der Waals surface area (Å²) < 4.78 is 61.4. The van der Waals surface area contributed by atoms with Crippen LogP contribution in [-0.4, -0.2) is 33.1 Å². The van der Waals surface area contributed by atoms with Gasteiger partial charge in [-0.1, -0.05) is 6.42 Å². The van der Waals surface area contributed by atoms with Gasteiger partial charge in [0, 0.05) is 18.2 Å². The Kier molecular flexibility index (Phi) is 7.87. The second kappa shape index (κ2) is 9.03. The van der Waals surface area contributed by atoms with Crippen molar-refractivity contribution in [3.63, 3.8) is 0 Å². The average molecular weight is 416 g/mol. The van der Waals surface area contributed by atoms with Gasteiger partial charge in [-0.2, -0.15) is 13.2 Å². The summed E-state index contributed by atoms with van der Waals surface area (Å²) in [4.78, 5) is 11.7. The molecule has 2 atom stereocenters. The van der Waals surface area contributed by atoms with Gasteiger partial charge in [0.2, 0.25) is 15.9 Å². The Morgan fingerprint density at radius 1 is 1.19 bits per heavy atom. The molecule has 0 aromatic heterocycles. The Balaban J connectivity index is 0.00000338. The molecule has 0 bridgehead atoms. The number of nitrogens with one attached hydrogen (secondary N) is 2. The number of rotatable bonds is 6. The van der Waals surface area contributed by atoms with Crippen LogP contribution in [0.4, 0.5) is 18.9 Å². The SMILES string of the molecule is Cl.N[C@@H]1CCC[C@H]1CC(=O)Nc1ccc(S(=O)(=O)NCC(F)(F)F)cc1. The van der Waals surface area contributed by atoms with Crippen LogP contribution in [-0.2, 0) is 14.8 Å². The molecule has 1 aromatic carbocycles. The topological polar surface area (TPSA) is 101 Å². The number of hydrogen-bond acceptors (Lipinski definition) is 4. The van der Waals surface area contributed by atoms with E-state index in [1.54, 1.807) is 0 Å². The molecule has 4 N–H and O–H groups in total. The third kappa shape index (κ3) is 6.75. The monoisotopic (exact) mass is 415 g/mol. The zero-order valence-electron chi connectivity index (χ0n) is 13.8. The number of nitrogens with two attached hydrogens (primary N) is 1. The lowest BCUT2D eigenvalue weighted by molar-refractivity contribution is -0.121.